The lowest BCUT2D eigenvalue weighted by molar-refractivity contribution is -0.137. The first-order valence-electron chi connectivity index (χ1n) is 18.7. The topological polar surface area (TPSA) is 168 Å². The lowest BCUT2D eigenvalue weighted by atomic mass is 9.99. The maximum Gasteiger partial charge on any atom is 0.255 e. The van der Waals surface area contributed by atoms with E-state index < -0.39 is 18.0 Å². The number of carbonyl (C=O) groups is 5. The fraction of sp³-hybridized carbons (Fsp3) is 0.400. The number of fused-ring (bicyclic) bond motifs is 4. The van der Waals surface area contributed by atoms with Crippen molar-refractivity contribution in [2.45, 2.75) is 97.2 Å². The summed E-state index contributed by atoms with van der Waals surface area (Å²) in [7, 11) is 0. The second-order valence-electron chi connectivity index (χ2n) is 14.3. The number of thiophene rings is 1. The highest BCUT2D eigenvalue weighted by molar-refractivity contribution is 7.15. The highest BCUT2D eigenvalue weighted by Gasteiger charge is 2.40. The summed E-state index contributed by atoms with van der Waals surface area (Å²) in [5.41, 5.74) is 5.59. The Balaban J connectivity index is 0.869. The van der Waals surface area contributed by atoms with Crippen LogP contribution in [0.4, 0.5) is 5.69 Å². The summed E-state index contributed by atoms with van der Waals surface area (Å²) in [4.78, 5) is 71.1. The van der Waals surface area contributed by atoms with Crippen molar-refractivity contribution in [3.8, 4) is 5.00 Å². The van der Waals surface area contributed by atoms with Crippen molar-refractivity contribution in [3.05, 3.63) is 91.8 Å². The van der Waals surface area contributed by atoms with Crippen molar-refractivity contribution in [2.24, 2.45) is 4.99 Å². The Bertz CT molecular complexity index is 2210. The van der Waals surface area contributed by atoms with Crippen molar-refractivity contribution in [3.63, 3.8) is 0 Å². The fourth-order valence-corrected chi connectivity index (χ4v) is 8.80. The van der Waals surface area contributed by atoms with Gasteiger partial charge in [0, 0.05) is 63.8 Å². The molecule has 2 aromatic carbocycles. The number of unbranched alkanes of at least 4 members (excludes halogenated alkanes) is 4. The van der Waals surface area contributed by atoms with Crippen molar-refractivity contribution in [1.82, 2.24) is 30.3 Å². The van der Waals surface area contributed by atoms with Crippen LogP contribution in [0.1, 0.15) is 113 Å². The van der Waals surface area contributed by atoms with E-state index in [0.717, 1.165) is 58.9 Å². The predicted molar refractivity (Wildman–Crippen MR) is 210 cm³/mol. The molecule has 0 aliphatic carbocycles. The van der Waals surface area contributed by atoms with Gasteiger partial charge in [0.2, 0.25) is 23.6 Å². The molecule has 2 aromatic heterocycles. The monoisotopic (exact) mass is 782 g/mol. The minimum Gasteiger partial charge on any atom is -0.356 e. The Hall–Kier alpha value is -5.21. The first-order valence-corrected chi connectivity index (χ1v) is 19.9. The van der Waals surface area contributed by atoms with Crippen molar-refractivity contribution < 1.29 is 24.0 Å². The van der Waals surface area contributed by atoms with Gasteiger partial charge in [-0.15, -0.1) is 21.5 Å². The molecule has 1 fully saturated rings. The third-order valence-corrected chi connectivity index (χ3v) is 11.9. The number of aromatic nitrogens is 3. The molecule has 3 aliphatic heterocycles. The number of halogens is 1. The summed E-state index contributed by atoms with van der Waals surface area (Å²) in [6.45, 7) is 6.84. The zero-order valence-electron chi connectivity index (χ0n) is 31.0. The molecule has 13 nitrogen and oxygen atoms in total. The van der Waals surface area contributed by atoms with Gasteiger partial charge in [-0.2, -0.15) is 0 Å². The molecule has 3 N–H and O–H groups in total. The van der Waals surface area contributed by atoms with E-state index in [1.54, 1.807) is 29.5 Å². The molecular weight excluding hydrogens is 740 g/mol. The van der Waals surface area contributed by atoms with E-state index in [1.165, 1.54) is 9.78 Å². The first kappa shape index (κ1) is 38.1. The SMILES string of the molecule is Cc1sc2c(c1C)C(c1ccc(Cl)cc1)=N[C@@H](CC(=O)NCCCCCCCC(=O)Nc1cccc3c1CN(C1CCC(=O)NC1=O)C3=O)c1nnc(C)n1-2. The number of aliphatic imine (C=N–C) groups is 1. The number of amides is 5. The number of aryl methyl sites for hydroxylation is 2. The minimum atomic E-state index is -0.713. The van der Waals surface area contributed by atoms with Crippen LogP contribution in [0.5, 0.6) is 0 Å². The Morgan fingerprint density at radius 2 is 1.73 bits per heavy atom. The number of hydrogen-bond donors (Lipinski definition) is 3. The summed E-state index contributed by atoms with van der Waals surface area (Å²) in [6.07, 6.45) is 5.11. The number of imide groups is 1. The van der Waals surface area contributed by atoms with Crippen LogP contribution in [0, 0.1) is 20.8 Å². The maximum atomic E-state index is 13.3. The molecule has 0 spiro atoms. The Morgan fingerprint density at radius 1 is 0.964 bits per heavy atom. The molecule has 2 atom stereocenters. The third-order valence-electron chi connectivity index (χ3n) is 10.5. The van der Waals surface area contributed by atoms with Crippen molar-refractivity contribution in [1.29, 1.82) is 0 Å². The molecule has 0 bridgehead atoms. The van der Waals surface area contributed by atoms with Gasteiger partial charge < -0.3 is 15.5 Å². The first-order chi connectivity index (χ1) is 26.5. The largest absolute Gasteiger partial charge is 0.356 e. The number of nitrogens with one attached hydrogen (secondary N) is 3. The Kier molecular flexibility index (Phi) is 11.3. The zero-order valence-corrected chi connectivity index (χ0v) is 32.6. The zero-order chi connectivity index (χ0) is 38.8. The smallest absolute Gasteiger partial charge is 0.255 e. The highest BCUT2D eigenvalue weighted by atomic mass is 35.5. The van der Waals surface area contributed by atoms with Gasteiger partial charge in [0.15, 0.2) is 5.82 Å². The standard InChI is InChI=1S/C40H43ClN8O5S/c1-22-23(2)55-40-35(22)36(25-13-15-26(41)16-14-25)44-30(37-47-46-24(3)49(37)40)20-34(52)42-19-8-6-4-5-7-12-32(50)43-29-11-9-10-27-28(29)21-48(39(27)54)31-17-18-33(51)45-38(31)53/h9-11,13-16,30-31H,4-8,12,17-21H2,1-3H3,(H,42,52)(H,43,50)(H,45,51,53)/t30-,31?/m0/s1. The van der Waals surface area contributed by atoms with E-state index in [1.807, 2.05) is 35.8 Å². The molecular formula is C40H43ClN8O5S. The van der Waals surface area contributed by atoms with Gasteiger partial charge in [-0.25, -0.2) is 0 Å². The lowest BCUT2D eigenvalue weighted by Gasteiger charge is -2.29. The van der Waals surface area contributed by atoms with Crippen LogP contribution >= 0.6 is 22.9 Å². The van der Waals surface area contributed by atoms with Gasteiger partial charge in [0.25, 0.3) is 5.91 Å². The van der Waals surface area contributed by atoms with Crippen LogP contribution in [-0.2, 0) is 25.7 Å². The second kappa shape index (κ2) is 16.3. The summed E-state index contributed by atoms with van der Waals surface area (Å²) < 4.78 is 2.04. The van der Waals surface area contributed by atoms with E-state index in [4.69, 9.17) is 16.6 Å². The highest BCUT2D eigenvalue weighted by Crippen LogP contribution is 2.40. The number of carbonyl (C=O) groups excluding carboxylic acids is 5. The molecule has 7 rings (SSSR count). The molecule has 55 heavy (non-hydrogen) atoms. The van der Waals surface area contributed by atoms with Crippen LogP contribution in [0.3, 0.4) is 0 Å². The van der Waals surface area contributed by atoms with Crippen LogP contribution < -0.4 is 16.0 Å². The minimum absolute atomic E-state index is 0.111. The summed E-state index contributed by atoms with van der Waals surface area (Å²) >= 11 is 7.89. The van der Waals surface area contributed by atoms with Gasteiger partial charge in [-0.1, -0.05) is 49.1 Å². The number of benzene rings is 2. The predicted octanol–water partition coefficient (Wildman–Crippen LogP) is 6.05. The number of rotatable bonds is 13. The molecule has 5 heterocycles. The normalized spacial score (nSPS) is 17.6. The Morgan fingerprint density at radius 3 is 2.51 bits per heavy atom. The molecule has 5 amide bonds. The second-order valence-corrected chi connectivity index (χ2v) is 15.9. The van der Waals surface area contributed by atoms with Crippen LogP contribution in [0.2, 0.25) is 5.02 Å². The number of piperidine rings is 1. The van der Waals surface area contributed by atoms with Crippen molar-refractivity contribution >= 4 is 63.9 Å². The van der Waals surface area contributed by atoms with Crippen LogP contribution in [0.25, 0.3) is 5.00 Å². The van der Waals surface area contributed by atoms with Crippen LogP contribution in [-0.4, -0.2) is 67.5 Å². The van der Waals surface area contributed by atoms with E-state index in [9.17, 15) is 24.0 Å². The van der Waals surface area contributed by atoms with Gasteiger partial charge in [-0.3, -0.25) is 38.8 Å². The lowest BCUT2D eigenvalue weighted by Crippen LogP contribution is -2.52. The molecule has 1 saturated heterocycles. The van der Waals surface area contributed by atoms with Gasteiger partial charge in [0.1, 0.15) is 22.9 Å². The summed E-state index contributed by atoms with van der Waals surface area (Å²) in [5.74, 6) is 0.0498. The fourth-order valence-electron chi connectivity index (χ4n) is 7.46. The number of anilines is 1. The van der Waals surface area contributed by atoms with Crippen molar-refractivity contribution in [2.75, 3.05) is 11.9 Å². The van der Waals surface area contributed by atoms with E-state index in [0.29, 0.717) is 47.0 Å². The van der Waals surface area contributed by atoms with E-state index >= 15 is 0 Å². The average molecular weight is 783 g/mol. The summed E-state index contributed by atoms with van der Waals surface area (Å²) in [5, 5.41) is 18.8. The third kappa shape index (κ3) is 7.97. The Labute approximate surface area is 327 Å². The molecule has 0 saturated carbocycles. The molecule has 4 aromatic rings. The average Bonchev–Trinajstić information content (AvgIpc) is 3.77. The number of hydrogen-bond acceptors (Lipinski definition) is 9. The van der Waals surface area contributed by atoms with E-state index in [-0.39, 0.29) is 49.4 Å². The van der Waals surface area contributed by atoms with Crippen LogP contribution in [0.15, 0.2) is 47.5 Å². The molecule has 1 unspecified atom stereocenters. The van der Waals surface area contributed by atoms with E-state index in [2.05, 4.69) is 40.0 Å². The van der Waals surface area contributed by atoms with Gasteiger partial charge >= 0.3 is 0 Å². The maximum absolute atomic E-state index is 13.3. The van der Waals surface area contributed by atoms with Gasteiger partial charge in [-0.05, 0) is 69.9 Å². The quantitative estimate of drug-likeness (QED) is 0.110. The molecule has 15 heteroatoms. The molecule has 0 radical (unpaired) electrons. The number of nitrogens with zero attached hydrogens (tertiary/aromatic N) is 5. The summed E-state index contributed by atoms with van der Waals surface area (Å²) in [6, 6.07) is 11.5. The van der Waals surface area contributed by atoms with Gasteiger partial charge in [0.05, 0.1) is 12.1 Å². The molecule has 3 aliphatic rings. The molecule has 286 valence electrons.